The van der Waals surface area contributed by atoms with Gasteiger partial charge in [0.1, 0.15) is 11.3 Å². The molecule has 0 aliphatic carbocycles. The summed E-state index contributed by atoms with van der Waals surface area (Å²) < 4.78 is 44.8. The average molecular weight is 274 g/mol. The largest absolute Gasteiger partial charge is 0.573 e. The van der Waals surface area contributed by atoms with Gasteiger partial charge >= 0.3 is 12.3 Å². The predicted octanol–water partition coefficient (Wildman–Crippen LogP) is 1.70. The van der Waals surface area contributed by atoms with Crippen LogP contribution in [0.3, 0.4) is 0 Å². The molecule has 1 aromatic rings. The maximum atomic E-state index is 12.2. The lowest BCUT2D eigenvalue weighted by molar-refractivity contribution is -0.274. The molecule has 0 unspecified atom stereocenters. The van der Waals surface area contributed by atoms with Gasteiger partial charge in [-0.3, -0.25) is 0 Å². The Kier molecular flexibility index (Phi) is 4.34. The minimum Gasteiger partial charge on any atom is -0.465 e. The molecule has 1 rings (SSSR count). The van der Waals surface area contributed by atoms with E-state index in [1.807, 2.05) is 0 Å². The van der Waals surface area contributed by atoms with Crippen molar-refractivity contribution in [3.05, 3.63) is 28.8 Å². The molecule has 0 aliphatic heterocycles. The van der Waals surface area contributed by atoms with Gasteiger partial charge in [-0.05, 0) is 12.1 Å². The SMILES string of the molecule is COC(=O)c1c(OC(F)(F)F)ccc(C#N)c1CN. The number of methoxy groups -OCH3 is 1. The Bertz CT molecular complexity index is 535. The summed E-state index contributed by atoms with van der Waals surface area (Å²) in [5.74, 6) is -1.81. The minimum absolute atomic E-state index is 0.0163. The monoisotopic (exact) mass is 274 g/mol. The summed E-state index contributed by atoms with van der Waals surface area (Å²) >= 11 is 0. The first-order valence-corrected chi connectivity index (χ1v) is 4.94. The zero-order chi connectivity index (χ0) is 14.6. The van der Waals surface area contributed by atoms with Gasteiger partial charge in [-0.1, -0.05) is 0 Å². The third kappa shape index (κ3) is 3.35. The summed E-state index contributed by atoms with van der Waals surface area (Å²) in [7, 11) is 0.999. The van der Waals surface area contributed by atoms with Crippen LogP contribution in [-0.2, 0) is 11.3 Å². The molecule has 0 spiro atoms. The van der Waals surface area contributed by atoms with Gasteiger partial charge in [-0.2, -0.15) is 5.26 Å². The Morgan fingerprint density at radius 2 is 2.11 bits per heavy atom. The molecule has 0 radical (unpaired) electrons. The lowest BCUT2D eigenvalue weighted by atomic mass is 10.0. The normalized spacial score (nSPS) is 10.7. The fraction of sp³-hybridized carbons (Fsp3) is 0.273. The maximum absolute atomic E-state index is 12.2. The molecule has 19 heavy (non-hydrogen) atoms. The predicted molar refractivity (Wildman–Crippen MR) is 57.1 cm³/mol. The number of benzene rings is 1. The number of carbonyl (C=O) groups excluding carboxylic acids is 1. The molecule has 1 aromatic carbocycles. The van der Waals surface area contributed by atoms with Gasteiger partial charge in [-0.15, -0.1) is 13.2 Å². The van der Waals surface area contributed by atoms with Crippen molar-refractivity contribution in [2.75, 3.05) is 7.11 Å². The number of hydrogen-bond acceptors (Lipinski definition) is 5. The fourth-order valence-corrected chi connectivity index (χ4v) is 1.48. The van der Waals surface area contributed by atoms with Gasteiger partial charge in [0, 0.05) is 12.1 Å². The van der Waals surface area contributed by atoms with E-state index in [4.69, 9.17) is 11.0 Å². The van der Waals surface area contributed by atoms with Crippen LogP contribution in [0, 0.1) is 11.3 Å². The number of halogens is 3. The fourth-order valence-electron chi connectivity index (χ4n) is 1.48. The summed E-state index contributed by atoms with van der Waals surface area (Å²) in [5, 5.41) is 8.83. The Morgan fingerprint density at radius 1 is 1.47 bits per heavy atom. The van der Waals surface area contributed by atoms with Crippen LogP contribution in [0.2, 0.25) is 0 Å². The third-order valence-corrected chi connectivity index (χ3v) is 2.21. The highest BCUT2D eigenvalue weighted by molar-refractivity contribution is 5.95. The first-order chi connectivity index (χ1) is 8.84. The van der Waals surface area contributed by atoms with Crippen LogP contribution in [0.25, 0.3) is 0 Å². The molecule has 0 fully saturated rings. The first-order valence-electron chi connectivity index (χ1n) is 4.94. The van der Waals surface area contributed by atoms with Gasteiger partial charge in [0.15, 0.2) is 0 Å². The minimum atomic E-state index is -4.97. The van der Waals surface area contributed by atoms with Gasteiger partial charge in [0.2, 0.25) is 0 Å². The zero-order valence-electron chi connectivity index (χ0n) is 9.75. The van der Waals surface area contributed by atoms with Crippen LogP contribution in [0.4, 0.5) is 13.2 Å². The van der Waals surface area contributed by atoms with Gasteiger partial charge in [0.25, 0.3) is 0 Å². The van der Waals surface area contributed by atoms with E-state index in [1.165, 1.54) is 0 Å². The van der Waals surface area contributed by atoms with E-state index in [-0.39, 0.29) is 17.7 Å². The van der Waals surface area contributed by atoms with Crippen LogP contribution < -0.4 is 10.5 Å². The average Bonchev–Trinajstić information content (AvgIpc) is 2.35. The van der Waals surface area contributed by atoms with Crippen molar-refractivity contribution < 1.29 is 27.4 Å². The number of alkyl halides is 3. The van der Waals surface area contributed by atoms with Crippen LogP contribution in [0.5, 0.6) is 5.75 Å². The van der Waals surface area contributed by atoms with Crippen molar-refractivity contribution in [3.63, 3.8) is 0 Å². The van der Waals surface area contributed by atoms with E-state index in [0.29, 0.717) is 0 Å². The van der Waals surface area contributed by atoms with Gasteiger partial charge < -0.3 is 15.2 Å². The number of ether oxygens (including phenoxy) is 2. The number of esters is 1. The van der Waals surface area contributed by atoms with E-state index in [0.717, 1.165) is 19.2 Å². The smallest absolute Gasteiger partial charge is 0.465 e. The topological polar surface area (TPSA) is 85.3 Å². The Labute approximate surface area is 106 Å². The molecule has 0 aromatic heterocycles. The molecule has 0 amide bonds. The lowest BCUT2D eigenvalue weighted by Crippen LogP contribution is -2.21. The Morgan fingerprint density at radius 3 is 2.53 bits per heavy atom. The van der Waals surface area contributed by atoms with Crippen molar-refractivity contribution in [2.45, 2.75) is 12.9 Å². The van der Waals surface area contributed by atoms with Gasteiger partial charge in [-0.25, -0.2) is 4.79 Å². The maximum Gasteiger partial charge on any atom is 0.573 e. The van der Waals surface area contributed by atoms with E-state index in [2.05, 4.69) is 9.47 Å². The summed E-state index contributed by atoms with van der Waals surface area (Å²) in [6.07, 6.45) is -4.97. The van der Waals surface area contributed by atoms with Crippen molar-refractivity contribution in [1.29, 1.82) is 5.26 Å². The van der Waals surface area contributed by atoms with Crippen molar-refractivity contribution in [2.24, 2.45) is 5.73 Å². The summed E-state index contributed by atoms with van der Waals surface area (Å²) in [4.78, 5) is 11.5. The van der Waals surface area contributed by atoms with Crippen LogP contribution in [0.1, 0.15) is 21.5 Å². The van der Waals surface area contributed by atoms with Crippen LogP contribution >= 0.6 is 0 Å². The second-order valence-corrected chi connectivity index (χ2v) is 3.32. The third-order valence-electron chi connectivity index (χ3n) is 2.21. The summed E-state index contributed by atoms with van der Waals surface area (Å²) in [6.45, 7) is -0.303. The van der Waals surface area contributed by atoms with E-state index in [1.54, 1.807) is 6.07 Å². The lowest BCUT2D eigenvalue weighted by Gasteiger charge is -2.15. The molecule has 0 saturated heterocycles. The number of carbonyl (C=O) groups is 1. The van der Waals surface area contributed by atoms with E-state index >= 15 is 0 Å². The van der Waals surface area contributed by atoms with Crippen molar-refractivity contribution >= 4 is 5.97 Å². The van der Waals surface area contributed by atoms with E-state index in [9.17, 15) is 18.0 Å². The zero-order valence-corrected chi connectivity index (χ0v) is 9.75. The number of hydrogen-bond donors (Lipinski definition) is 1. The molecule has 0 atom stereocenters. The number of nitrogens with zero attached hydrogens (tertiary/aromatic N) is 1. The quantitative estimate of drug-likeness (QED) is 0.848. The molecular weight excluding hydrogens is 265 g/mol. The number of nitrogens with two attached hydrogens (primary N) is 1. The van der Waals surface area contributed by atoms with Crippen LogP contribution in [0.15, 0.2) is 12.1 Å². The molecule has 0 bridgehead atoms. The number of rotatable bonds is 3. The molecule has 0 heterocycles. The first kappa shape index (κ1) is 14.8. The highest BCUT2D eigenvalue weighted by atomic mass is 19.4. The number of nitriles is 1. The molecule has 2 N–H and O–H groups in total. The summed E-state index contributed by atoms with van der Waals surface area (Å²) in [5.41, 5.74) is 4.78. The summed E-state index contributed by atoms with van der Waals surface area (Å²) in [6, 6.07) is 3.70. The molecule has 0 saturated carbocycles. The molecule has 0 aliphatic rings. The van der Waals surface area contributed by atoms with E-state index < -0.39 is 23.6 Å². The Balaban J connectivity index is 3.48. The van der Waals surface area contributed by atoms with Crippen LogP contribution in [-0.4, -0.2) is 19.4 Å². The van der Waals surface area contributed by atoms with Crippen molar-refractivity contribution in [1.82, 2.24) is 0 Å². The highest BCUT2D eigenvalue weighted by Gasteiger charge is 2.34. The molecule has 5 nitrogen and oxygen atoms in total. The van der Waals surface area contributed by atoms with Gasteiger partial charge in [0.05, 0.1) is 18.7 Å². The molecular formula is C11H9F3N2O3. The molecule has 102 valence electrons. The second kappa shape index (κ2) is 5.58. The molecule has 8 heteroatoms. The highest BCUT2D eigenvalue weighted by Crippen LogP contribution is 2.30. The van der Waals surface area contributed by atoms with Crippen molar-refractivity contribution in [3.8, 4) is 11.8 Å². The standard InChI is InChI=1S/C11H9F3N2O3/c1-18-10(17)9-7(5-16)6(4-15)2-3-8(9)19-11(12,13)14/h2-3H,5,16H2,1H3. The Hall–Kier alpha value is -2.27. The second-order valence-electron chi connectivity index (χ2n) is 3.32.